The zero-order valence-corrected chi connectivity index (χ0v) is 10.2. The summed E-state index contributed by atoms with van der Waals surface area (Å²) in [4.78, 5) is 4.19. The largest absolute Gasteiger partial charge is 0.375 e. The van der Waals surface area contributed by atoms with Gasteiger partial charge in [-0.1, -0.05) is 0 Å². The quantitative estimate of drug-likeness (QED) is 0.827. The zero-order valence-electron chi connectivity index (χ0n) is 10.2. The van der Waals surface area contributed by atoms with Crippen molar-refractivity contribution in [1.82, 2.24) is 20.1 Å². The summed E-state index contributed by atoms with van der Waals surface area (Å²) in [5.41, 5.74) is -0.00649. The first-order valence-electron chi connectivity index (χ1n) is 5.77. The Balaban J connectivity index is 1.82. The van der Waals surface area contributed by atoms with E-state index >= 15 is 0 Å². The van der Waals surface area contributed by atoms with Gasteiger partial charge in [0.1, 0.15) is 6.33 Å². The Morgan fingerprint density at radius 3 is 3.06 bits per heavy atom. The third kappa shape index (κ3) is 3.02. The van der Waals surface area contributed by atoms with Crippen LogP contribution in [0.3, 0.4) is 0 Å². The van der Waals surface area contributed by atoms with E-state index in [-0.39, 0.29) is 5.60 Å². The van der Waals surface area contributed by atoms with Crippen molar-refractivity contribution >= 4 is 0 Å². The molecular weight excluding hydrogens is 204 g/mol. The molecule has 5 heteroatoms. The molecule has 0 saturated carbocycles. The number of nitrogens with zero attached hydrogens (tertiary/aromatic N) is 3. The summed E-state index contributed by atoms with van der Waals surface area (Å²) < 4.78 is 7.40. The smallest absolute Gasteiger partial charge is 0.164 e. The minimum absolute atomic E-state index is 0.00649. The first-order valence-corrected chi connectivity index (χ1v) is 5.77. The maximum atomic E-state index is 5.68. The second-order valence-corrected chi connectivity index (χ2v) is 5.01. The van der Waals surface area contributed by atoms with E-state index in [4.69, 9.17) is 4.74 Å². The molecule has 5 nitrogen and oxygen atoms in total. The lowest BCUT2D eigenvalue weighted by Crippen LogP contribution is -2.43. The Kier molecular flexibility index (Phi) is 3.25. The number of hydrogen-bond acceptors (Lipinski definition) is 4. The van der Waals surface area contributed by atoms with Crippen molar-refractivity contribution in [3.63, 3.8) is 0 Å². The molecule has 1 N–H and O–H groups in total. The lowest BCUT2D eigenvalue weighted by Gasteiger charge is -2.35. The van der Waals surface area contributed by atoms with Crippen molar-refractivity contribution in [2.45, 2.75) is 44.9 Å². The van der Waals surface area contributed by atoms with E-state index in [0.29, 0.717) is 6.04 Å². The number of aromatic nitrogens is 3. The first kappa shape index (κ1) is 11.5. The van der Waals surface area contributed by atoms with Gasteiger partial charge in [0.15, 0.2) is 5.82 Å². The number of aryl methyl sites for hydroxylation is 1. The zero-order chi connectivity index (χ0) is 11.6. The summed E-state index contributed by atoms with van der Waals surface area (Å²) in [6, 6.07) is 0.507. The molecule has 0 spiro atoms. The van der Waals surface area contributed by atoms with Gasteiger partial charge in [-0.15, -0.1) is 0 Å². The van der Waals surface area contributed by atoms with Gasteiger partial charge in [-0.3, -0.25) is 4.68 Å². The third-order valence-electron chi connectivity index (χ3n) is 2.89. The van der Waals surface area contributed by atoms with Crippen molar-refractivity contribution in [2.75, 3.05) is 6.61 Å². The van der Waals surface area contributed by atoms with Gasteiger partial charge in [0.2, 0.25) is 0 Å². The molecule has 2 rings (SSSR count). The summed E-state index contributed by atoms with van der Waals surface area (Å²) >= 11 is 0. The van der Waals surface area contributed by atoms with Crippen LogP contribution in [0, 0.1) is 0 Å². The average Bonchev–Trinajstić information content (AvgIpc) is 2.60. The SMILES string of the molecule is Cn1cnc(CNC2CCOC(C)(C)C2)n1. The predicted molar refractivity (Wildman–Crippen MR) is 60.9 cm³/mol. The lowest BCUT2D eigenvalue weighted by molar-refractivity contribution is -0.0631. The Hall–Kier alpha value is -0.940. The normalized spacial score (nSPS) is 24.6. The summed E-state index contributed by atoms with van der Waals surface area (Å²) in [5, 5.41) is 7.73. The van der Waals surface area contributed by atoms with Crippen LogP contribution in [0.25, 0.3) is 0 Å². The van der Waals surface area contributed by atoms with Crippen molar-refractivity contribution in [3.8, 4) is 0 Å². The topological polar surface area (TPSA) is 52.0 Å². The number of nitrogens with one attached hydrogen (secondary N) is 1. The maximum Gasteiger partial charge on any atom is 0.164 e. The fourth-order valence-electron chi connectivity index (χ4n) is 2.11. The molecule has 1 unspecified atom stereocenters. The van der Waals surface area contributed by atoms with E-state index < -0.39 is 0 Å². The minimum atomic E-state index is -0.00649. The van der Waals surface area contributed by atoms with Crippen molar-refractivity contribution in [3.05, 3.63) is 12.2 Å². The van der Waals surface area contributed by atoms with Crippen LogP contribution < -0.4 is 5.32 Å². The molecule has 1 aliphatic rings. The Morgan fingerprint density at radius 1 is 1.62 bits per heavy atom. The predicted octanol–water partition coefficient (Wildman–Crippen LogP) is 0.862. The van der Waals surface area contributed by atoms with Crippen LogP contribution in [0.2, 0.25) is 0 Å². The van der Waals surface area contributed by atoms with Gasteiger partial charge < -0.3 is 10.1 Å². The minimum Gasteiger partial charge on any atom is -0.375 e. The van der Waals surface area contributed by atoms with Gasteiger partial charge >= 0.3 is 0 Å². The Morgan fingerprint density at radius 2 is 2.44 bits per heavy atom. The summed E-state index contributed by atoms with van der Waals surface area (Å²) in [5.74, 6) is 0.854. The molecule has 1 aromatic rings. The van der Waals surface area contributed by atoms with Crippen LogP contribution in [0.4, 0.5) is 0 Å². The van der Waals surface area contributed by atoms with E-state index in [9.17, 15) is 0 Å². The Bertz CT molecular complexity index is 348. The fourth-order valence-corrected chi connectivity index (χ4v) is 2.11. The number of ether oxygens (including phenoxy) is 1. The highest BCUT2D eigenvalue weighted by atomic mass is 16.5. The standard InChI is InChI=1S/C11H20N4O/c1-11(2)6-9(4-5-16-11)12-7-10-13-8-15(3)14-10/h8-9,12H,4-7H2,1-3H3. The van der Waals surface area contributed by atoms with Crippen LogP contribution >= 0.6 is 0 Å². The van der Waals surface area contributed by atoms with Crippen molar-refractivity contribution in [2.24, 2.45) is 7.05 Å². The summed E-state index contributed by atoms with van der Waals surface area (Å²) in [7, 11) is 1.88. The molecule has 16 heavy (non-hydrogen) atoms. The molecule has 0 aliphatic carbocycles. The molecular formula is C11H20N4O. The molecule has 2 heterocycles. The third-order valence-corrected chi connectivity index (χ3v) is 2.89. The van der Waals surface area contributed by atoms with Crippen LogP contribution in [-0.4, -0.2) is 33.0 Å². The summed E-state index contributed by atoms with van der Waals surface area (Å²) in [6.45, 7) is 5.85. The van der Waals surface area contributed by atoms with Gasteiger partial charge in [0.25, 0.3) is 0 Å². The molecule has 1 atom stereocenters. The average molecular weight is 224 g/mol. The van der Waals surface area contributed by atoms with Gasteiger partial charge in [0, 0.05) is 19.7 Å². The van der Waals surface area contributed by atoms with Crippen LogP contribution in [-0.2, 0) is 18.3 Å². The second kappa shape index (κ2) is 4.51. The molecule has 0 radical (unpaired) electrons. The summed E-state index contributed by atoms with van der Waals surface area (Å²) in [6.07, 6.45) is 3.83. The highest BCUT2D eigenvalue weighted by Gasteiger charge is 2.28. The molecule has 1 aliphatic heterocycles. The second-order valence-electron chi connectivity index (χ2n) is 5.01. The fraction of sp³-hybridized carbons (Fsp3) is 0.818. The lowest BCUT2D eigenvalue weighted by atomic mass is 9.94. The van der Waals surface area contributed by atoms with Gasteiger partial charge in [0.05, 0.1) is 12.1 Å². The van der Waals surface area contributed by atoms with E-state index in [1.54, 1.807) is 11.0 Å². The van der Waals surface area contributed by atoms with Crippen molar-refractivity contribution < 1.29 is 4.74 Å². The Labute approximate surface area is 96.2 Å². The van der Waals surface area contributed by atoms with E-state index in [1.807, 2.05) is 7.05 Å². The highest BCUT2D eigenvalue weighted by molar-refractivity contribution is 4.86. The van der Waals surface area contributed by atoms with E-state index in [1.165, 1.54) is 0 Å². The van der Waals surface area contributed by atoms with Gasteiger partial charge in [-0.05, 0) is 26.7 Å². The van der Waals surface area contributed by atoms with Crippen LogP contribution in [0.1, 0.15) is 32.5 Å². The van der Waals surface area contributed by atoms with Crippen LogP contribution in [0.5, 0.6) is 0 Å². The van der Waals surface area contributed by atoms with Gasteiger partial charge in [-0.2, -0.15) is 5.10 Å². The van der Waals surface area contributed by atoms with Crippen LogP contribution in [0.15, 0.2) is 6.33 Å². The van der Waals surface area contributed by atoms with Crippen molar-refractivity contribution in [1.29, 1.82) is 0 Å². The van der Waals surface area contributed by atoms with E-state index in [2.05, 4.69) is 29.2 Å². The number of rotatable bonds is 3. The molecule has 1 fully saturated rings. The molecule has 0 bridgehead atoms. The maximum absolute atomic E-state index is 5.68. The molecule has 1 saturated heterocycles. The molecule has 0 aromatic carbocycles. The first-order chi connectivity index (χ1) is 7.55. The molecule has 0 amide bonds. The number of hydrogen-bond donors (Lipinski definition) is 1. The highest BCUT2D eigenvalue weighted by Crippen LogP contribution is 2.23. The monoisotopic (exact) mass is 224 g/mol. The van der Waals surface area contributed by atoms with Gasteiger partial charge in [-0.25, -0.2) is 4.98 Å². The van der Waals surface area contributed by atoms with E-state index in [0.717, 1.165) is 31.8 Å². The molecule has 90 valence electrons. The molecule has 1 aromatic heterocycles.